The van der Waals surface area contributed by atoms with E-state index >= 15 is 0 Å². The lowest BCUT2D eigenvalue weighted by molar-refractivity contribution is -0.116. The number of fused-ring (bicyclic) bond motifs is 1. The van der Waals surface area contributed by atoms with Gasteiger partial charge in [0.05, 0.1) is 22.9 Å². The van der Waals surface area contributed by atoms with Crippen LogP contribution in [0.2, 0.25) is 0 Å². The summed E-state index contributed by atoms with van der Waals surface area (Å²) in [4.78, 5) is 20.9. The number of thiophene rings is 1. The number of nitrogens with one attached hydrogen (secondary N) is 1. The summed E-state index contributed by atoms with van der Waals surface area (Å²) < 4.78 is 1.93. The number of pyridine rings is 1. The summed E-state index contributed by atoms with van der Waals surface area (Å²) in [7, 11) is 0. The Morgan fingerprint density at radius 3 is 2.84 bits per heavy atom. The Kier molecular flexibility index (Phi) is 4.26. The minimum absolute atomic E-state index is 0.00571. The quantitative estimate of drug-likeness (QED) is 0.592. The summed E-state index contributed by atoms with van der Waals surface area (Å²) in [6.45, 7) is 0. The monoisotopic (exact) mass is 348 g/mol. The minimum Gasteiger partial charge on any atom is -0.325 e. The molecule has 0 aliphatic carbocycles. The van der Waals surface area contributed by atoms with Crippen LogP contribution >= 0.6 is 11.3 Å². The number of amides is 1. The third-order valence-corrected chi connectivity index (χ3v) is 4.68. The topological polar surface area (TPSA) is 59.8 Å². The second-order valence-electron chi connectivity index (χ2n) is 5.69. The van der Waals surface area contributed by atoms with Crippen molar-refractivity contribution >= 4 is 34.0 Å². The van der Waals surface area contributed by atoms with Crippen LogP contribution in [0.15, 0.2) is 65.7 Å². The van der Waals surface area contributed by atoms with Gasteiger partial charge in [-0.2, -0.15) is 11.3 Å². The van der Waals surface area contributed by atoms with E-state index in [0.29, 0.717) is 12.1 Å². The number of hydrogen-bond donors (Lipinski definition) is 1. The zero-order valence-corrected chi connectivity index (χ0v) is 14.2. The molecule has 124 valence electrons. The maximum atomic E-state index is 12.0. The number of hydrogen-bond acceptors (Lipinski definition) is 4. The molecule has 1 N–H and O–H groups in total. The second kappa shape index (κ2) is 6.86. The average Bonchev–Trinajstić information content (AvgIpc) is 3.30. The molecule has 3 aromatic heterocycles. The van der Waals surface area contributed by atoms with Crippen LogP contribution in [-0.4, -0.2) is 20.4 Å². The van der Waals surface area contributed by atoms with Crippen molar-refractivity contribution in [1.82, 2.24) is 14.5 Å². The molecule has 4 rings (SSSR count). The van der Waals surface area contributed by atoms with Crippen molar-refractivity contribution in [2.24, 2.45) is 0 Å². The van der Waals surface area contributed by atoms with Gasteiger partial charge in [0, 0.05) is 6.42 Å². The Balaban J connectivity index is 1.44. The molecule has 0 unspecified atom stereocenters. The molecule has 0 spiro atoms. The van der Waals surface area contributed by atoms with Gasteiger partial charge in [0.1, 0.15) is 12.1 Å². The Hall–Kier alpha value is -2.99. The van der Waals surface area contributed by atoms with Gasteiger partial charge >= 0.3 is 0 Å². The number of para-hydroxylation sites is 2. The molecule has 1 amide bonds. The number of anilines is 1. The lowest BCUT2D eigenvalue weighted by Crippen LogP contribution is -2.12. The summed E-state index contributed by atoms with van der Waals surface area (Å²) >= 11 is 1.65. The van der Waals surface area contributed by atoms with E-state index in [1.165, 1.54) is 5.56 Å². The van der Waals surface area contributed by atoms with Gasteiger partial charge in [-0.1, -0.05) is 12.1 Å². The Morgan fingerprint density at radius 1 is 1.12 bits per heavy atom. The summed E-state index contributed by atoms with van der Waals surface area (Å²) in [6.07, 6.45) is 4.64. The third kappa shape index (κ3) is 3.44. The van der Waals surface area contributed by atoms with Crippen molar-refractivity contribution in [3.63, 3.8) is 0 Å². The summed E-state index contributed by atoms with van der Waals surface area (Å²) in [6, 6.07) is 13.7. The molecular formula is C19H16N4OS. The van der Waals surface area contributed by atoms with Gasteiger partial charge < -0.3 is 5.32 Å². The van der Waals surface area contributed by atoms with Crippen molar-refractivity contribution in [3.05, 3.63) is 71.3 Å². The number of carbonyl (C=O) groups excluding carboxylic acids is 1. The van der Waals surface area contributed by atoms with E-state index in [4.69, 9.17) is 0 Å². The smallest absolute Gasteiger partial charge is 0.224 e. The molecule has 0 bridgehead atoms. The standard InChI is InChI=1S/C19H16N4OS/c24-19(8-5-14-9-10-25-12-14)22-15-6-7-18(20-11-15)23-13-21-16-3-1-2-4-17(16)23/h1-4,6-7,9-13H,5,8H2,(H,22,24). The lowest BCUT2D eigenvalue weighted by atomic mass is 10.2. The highest BCUT2D eigenvalue weighted by Gasteiger charge is 2.07. The molecule has 3 heterocycles. The largest absolute Gasteiger partial charge is 0.325 e. The van der Waals surface area contributed by atoms with Crippen molar-refractivity contribution < 1.29 is 4.79 Å². The van der Waals surface area contributed by atoms with Crippen molar-refractivity contribution in [1.29, 1.82) is 0 Å². The van der Waals surface area contributed by atoms with E-state index in [2.05, 4.69) is 20.7 Å². The molecule has 0 saturated carbocycles. The van der Waals surface area contributed by atoms with E-state index in [-0.39, 0.29) is 5.91 Å². The van der Waals surface area contributed by atoms with E-state index in [0.717, 1.165) is 23.3 Å². The van der Waals surface area contributed by atoms with E-state index < -0.39 is 0 Å². The van der Waals surface area contributed by atoms with Gasteiger partial charge in [0.15, 0.2) is 0 Å². The van der Waals surface area contributed by atoms with E-state index in [9.17, 15) is 4.79 Å². The zero-order chi connectivity index (χ0) is 17.1. The number of nitrogens with zero attached hydrogens (tertiary/aromatic N) is 3. The van der Waals surface area contributed by atoms with Gasteiger partial charge in [-0.15, -0.1) is 0 Å². The number of aromatic nitrogens is 3. The predicted octanol–water partition coefficient (Wildman–Crippen LogP) is 4.05. The third-order valence-electron chi connectivity index (χ3n) is 3.95. The molecule has 4 aromatic rings. The van der Waals surface area contributed by atoms with Crippen molar-refractivity contribution in [2.45, 2.75) is 12.8 Å². The van der Waals surface area contributed by atoms with Crippen LogP contribution in [0.25, 0.3) is 16.9 Å². The lowest BCUT2D eigenvalue weighted by Gasteiger charge is -2.07. The highest BCUT2D eigenvalue weighted by atomic mass is 32.1. The molecule has 25 heavy (non-hydrogen) atoms. The highest BCUT2D eigenvalue weighted by molar-refractivity contribution is 7.07. The van der Waals surface area contributed by atoms with Crippen LogP contribution in [0.4, 0.5) is 5.69 Å². The van der Waals surface area contributed by atoms with Crippen LogP contribution < -0.4 is 5.32 Å². The molecule has 1 aromatic carbocycles. The minimum atomic E-state index is -0.00571. The number of imidazole rings is 1. The predicted molar refractivity (Wildman–Crippen MR) is 100 cm³/mol. The first kappa shape index (κ1) is 15.5. The Morgan fingerprint density at radius 2 is 2.04 bits per heavy atom. The fourth-order valence-electron chi connectivity index (χ4n) is 2.66. The Labute approximate surface area is 149 Å². The van der Waals surface area contributed by atoms with Crippen LogP contribution in [0.1, 0.15) is 12.0 Å². The number of aryl methyl sites for hydroxylation is 1. The normalized spacial score (nSPS) is 10.9. The van der Waals surface area contributed by atoms with E-state index in [1.54, 1.807) is 23.9 Å². The molecule has 0 radical (unpaired) electrons. The molecule has 0 aliphatic rings. The summed E-state index contributed by atoms with van der Waals surface area (Å²) in [5, 5.41) is 6.98. The van der Waals surface area contributed by atoms with Gasteiger partial charge in [-0.05, 0) is 53.1 Å². The molecule has 5 nitrogen and oxygen atoms in total. The first-order chi connectivity index (χ1) is 12.3. The van der Waals surface area contributed by atoms with Crippen LogP contribution in [0.3, 0.4) is 0 Å². The zero-order valence-electron chi connectivity index (χ0n) is 13.4. The maximum absolute atomic E-state index is 12.0. The number of benzene rings is 1. The molecule has 0 aliphatic heterocycles. The number of carbonyl (C=O) groups is 1. The second-order valence-corrected chi connectivity index (χ2v) is 6.47. The number of rotatable bonds is 5. The molecule has 0 saturated heterocycles. The maximum Gasteiger partial charge on any atom is 0.224 e. The van der Waals surface area contributed by atoms with Gasteiger partial charge in [-0.25, -0.2) is 9.97 Å². The van der Waals surface area contributed by atoms with Crippen LogP contribution in [-0.2, 0) is 11.2 Å². The first-order valence-electron chi connectivity index (χ1n) is 7.99. The van der Waals surface area contributed by atoms with Crippen LogP contribution in [0.5, 0.6) is 0 Å². The van der Waals surface area contributed by atoms with Crippen molar-refractivity contribution in [3.8, 4) is 5.82 Å². The highest BCUT2D eigenvalue weighted by Crippen LogP contribution is 2.17. The fourth-order valence-corrected chi connectivity index (χ4v) is 3.36. The molecular weight excluding hydrogens is 332 g/mol. The van der Waals surface area contributed by atoms with Crippen LogP contribution in [0, 0.1) is 0 Å². The van der Waals surface area contributed by atoms with Crippen molar-refractivity contribution in [2.75, 3.05) is 5.32 Å². The van der Waals surface area contributed by atoms with Gasteiger partial charge in [-0.3, -0.25) is 9.36 Å². The first-order valence-corrected chi connectivity index (χ1v) is 8.93. The van der Waals surface area contributed by atoms with Gasteiger partial charge in [0.2, 0.25) is 5.91 Å². The summed E-state index contributed by atoms with van der Waals surface area (Å²) in [5.41, 5.74) is 3.82. The SMILES string of the molecule is O=C(CCc1ccsc1)Nc1ccc(-n2cnc3ccccc32)nc1. The average molecular weight is 348 g/mol. The van der Waals surface area contributed by atoms with Gasteiger partial charge in [0.25, 0.3) is 0 Å². The molecule has 0 atom stereocenters. The van der Waals surface area contributed by atoms with E-state index in [1.807, 2.05) is 52.4 Å². The molecule has 6 heteroatoms. The molecule has 0 fully saturated rings. The summed E-state index contributed by atoms with van der Waals surface area (Å²) in [5.74, 6) is 0.763. The fraction of sp³-hybridized carbons (Fsp3) is 0.105. The Bertz CT molecular complexity index is 990.